The molecule has 0 atom stereocenters. The molecular weight excluding hydrogens is 338 g/mol. The van der Waals surface area contributed by atoms with Crippen molar-refractivity contribution in [2.45, 2.75) is 45.8 Å². The molecule has 6 nitrogen and oxygen atoms in total. The summed E-state index contributed by atoms with van der Waals surface area (Å²) in [7, 11) is 0. The van der Waals surface area contributed by atoms with E-state index in [1.807, 2.05) is 50.4 Å². The van der Waals surface area contributed by atoms with Crippen molar-refractivity contribution >= 4 is 17.5 Å². The molecule has 2 heterocycles. The van der Waals surface area contributed by atoms with E-state index in [1.165, 1.54) is 19.3 Å². The van der Waals surface area contributed by atoms with Crippen molar-refractivity contribution in [3.05, 3.63) is 48.2 Å². The summed E-state index contributed by atoms with van der Waals surface area (Å²) in [5.41, 5.74) is 8.03. The fourth-order valence-corrected chi connectivity index (χ4v) is 3.11. The van der Waals surface area contributed by atoms with Crippen molar-refractivity contribution in [2.75, 3.05) is 23.3 Å². The molecule has 0 amide bonds. The Labute approximate surface area is 161 Å². The zero-order valence-corrected chi connectivity index (χ0v) is 16.2. The predicted octanol–water partition coefficient (Wildman–Crippen LogP) is 3.79. The molecule has 0 aliphatic carbocycles. The first-order valence-corrected chi connectivity index (χ1v) is 9.64. The van der Waals surface area contributed by atoms with E-state index in [-0.39, 0.29) is 6.10 Å². The van der Waals surface area contributed by atoms with Gasteiger partial charge >= 0.3 is 0 Å². The van der Waals surface area contributed by atoms with Crippen LogP contribution in [0, 0.1) is 0 Å². The Bertz CT molecular complexity index is 751. The second-order valence-corrected chi connectivity index (χ2v) is 7.09. The molecule has 1 aromatic carbocycles. The van der Waals surface area contributed by atoms with Crippen LogP contribution >= 0.6 is 0 Å². The maximum Gasteiger partial charge on any atom is 0.193 e. The van der Waals surface area contributed by atoms with Crippen molar-refractivity contribution in [2.24, 2.45) is 10.7 Å². The number of ether oxygens (including phenoxy) is 1. The molecule has 0 bridgehead atoms. The maximum absolute atomic E-state index is 6.03. The van der Waals surface area contributed by atoms with E-state index in [0.29, 0.717) is 12.5 Å². The molecule has 1 fully saturated rings. The molecule has 3 N–H and O–H groups in total. The Hall–Kier alpha value is -2.76. The smallest absolute Gasteiger partial charge is 0.193 e. The van der Waals surface area contributed by atoms with Crippen LogP contribution < -0.4 is 20.7 Å². The molecule has 1 aromatic heterocycles. The minimum atomic E-state index is 0.158. The van der Waals surface area contributed by atoms with E-state index < -0.39 is 0 Å². The number of hydrogen-bond donors (Lipinski definition) is 2. The lowest BCUT2D eigenvalue weighted by Crippen LogP contribution is -2.30. The average Bonchev–Trinajstić information content (AvgIpc) is 2.68. The Morgan fingerprint density at radius 2 is 1.93 bits per heavy atom. The van der Waals surface area contributed by atoms with Gasteiger partial charge in [0.25, 0.3) is 0 Å². The molecule has 3 rings (SSSR count). The van der Waals surface area contributed by atoms with Crippen LogP contribution in [-0.2, 0) is 6.54 Å². The Morgan fingerprint density at radius 1 is 1.19 bits per heavy atom. The topological polar surface area (TPSA) is 75.8 Å². The zero-order chi connectivity index (χ0) is 19.1. The molecule has 144 valence electrons. The van der Waals surface area contributed by atoms with E-state index in [4.69, 9.17) is 10.5 Å². The second-order valence-electron chi connectivity index (χ2n) is 7.09. The van der Waals surface area contributed by atoms with E-state index in [9.17, 15) is 0 Å². The highest BCUT2D eigenvalue weighted by atomic mass is 16.5. The molecule has 0 spiro atoms. The molecule has 1 saturated heterocycles. The van der Waals surface area contributed by atoms with Crippen LogP contribution in [0.2, 0.25) is 0 Å². The van der Waals surface area contributed by atoms with E-state index in [2.05, 4.69) is 26.3 Å². The monoisotopic (exact) mass is 367 g/mol. The summed E-state index contributed by atoms with van der Waals surface area (Å²) in [4.78, 5) is 11.3. The van der Waals surface area contributed by atoms with Crippen LogP contribution in [0.4, 0.5) is 11.5 Å². The molecular formula is C21H29N5O. The first kappa shape index (κ1) is 19.0. The van der Waals surface area contributed by atoms with Crippen LogP contribution in [0.15, 0.2) is 47.6 Å². The van der Waals surface area contributed by atoms with Crippen molar-refractivity contribution in [1.82, 2.24) is 4.98 Å². The van der Waals surface area contributed by atoms with E-state index >= 15 is 0 Å². The molecule has 0 saturated carbocycles. The summed E-state index contributed by atoms with van der Waals surface area (Å²) in [6.45, 7) is 6.70. The van der Waals surface area contributed by atoms with Crippen LogP contribution in [0.25, 0.3) is 0 Å². The number of nitrogens with two attached hydrogens (primary N) is 1. The number of piperidine rings is 1. The quantitative estimate of drug-likeness (QED) is 0.600. The Morgan fingerprint density at radius 3 is 2.63 bits per heavy atom. The van der Waals surface area contributed by atoms with Gasteiger partial charge in [-0.2, -0.15) is 0 Å². The second kappa shape index (κ2) is 9.26. The molecule has 1 aliphatic rings. The lowest BCUT2D eigenvalue weighted by Gasteiger charge is -2.27. The third-order valence-corrected chi connectivity index (χ3v) is 4.42. The number of anilines is 2. The van der Waals surface area contributed by atoms with Gasteiger partial charge in [0.2, 0.25) is 0 Å². The fraction of sp³-hybridized carbons (Fsp3) is 0.429. The van der Waals surface area contributed by atoms with Crippen molar-refractivity contribution in [3.63, 3.8) is 0 Å². The first-order valence-electron chi connectivity index (χ1n) is 9.64. The number of benzene rings is 1. The average molecular weight is 367 g/mol. The van der Waals surface area contributed by atoms with Crippen LogP contribution in [0.1, 0.15) is 38.7 Å². The van der Waals surface area contributed by atoms with Gasteiger partial charge in [-0.05, 0) is 75.1 Å². The molecule has 6 heteroatoms. The Kier molecular flexibility index (Phi) is 6.52. The van der Waals surface area contributed by atoms with Gasteiger partial charge in [-0.1, -0.05) is 0 Å². The molecule has 0 unspecified atom stereocenters. The van der Waals surface area contributed by atoms with Gasteiger partial charge in [0.15, 0.2) is 5.96 Å². The fourth-order valence-electron chi connectivity index (χ4n) is 3.11. The van der Waals surface area contributed by atoms with Crippen molar-refractivity contribution < 1.29 is 4.74 Å². The van der Waals surface area contributed by atoms with Gasteiger partial charge in [0.1, 0.15) is 11.6 Å². The van der Waals surface area contributed by atoms with Crippen molar-refractivity contribution in [3.8, 4) is 5.75 Å². The summed E-state index contributed by atoms with van der Waals surface area (Å²) in [6, 6.07) is 11.8. The number of guanidine groups is 1. The van der Waals surface area contributed by atoms with E-state index in [0.717, 1.165) is 35.9 Å². The van der Waals surface area contributed by atoms with Gasteiger partial charge in [-0.3, -0.25) is 0 Å². The zero-order valence-electron chi connectivity index (χ0n) is 16.2. The number of pyridine rings is 1. The summed E-state index contributed by atoms with van der Waals surface area (Å²) in [6.07, 6.45) is 5.80. The number of nitrogens with zero attached hydrogens (tertiary/aromatic N) is 3. The van der Waals surface area contributed by atoms with Crippen LogP contribution in [0.5, 0.6) is 5.75 Å². The molecule has 1 aliphatic heterocycles. The minimum Gasteiger partial charge on any atom is -0.491 e. The predicted molar refractivity (Wildman–Crippen MR) is 111 cm³/mol. The minimum absolute atomic E-state index is 0.158. The van der Waals surface area contributed by atoms with Crippen LogP contribution in [-0.4, -0.2) is 30.1 Å². The van der Waals surface area contributed by atoms with Crippen LogP contribution in [0.3, 0.4) is 0 Å². The van der Waals surface area contributed by atoms with Crippen molar-refractivity contribution in [1.29, 1.82) is 0 Å². The number of rotatable bonds is 6. The van der Waals surface area contributed by atoms with Gasteiger partial charge in [-0.25, -0.2) is 9.98 Å². The highest BCUT2D eigenvalue weighted by Crippen LogP contribution is 2.19. The number of nitrogens with one attached hydrogen (secondary N) is 1. The third kappa shape index (κ3) is 5.88. The lowest BCUT2D eigenvalue weighted by molar-refractivity contribution is 0.242. The van der Waals surface area contributed by atoms with Gasteiger partial charge < -0.3 is 20.7 Å². The highest BCUT2D eigenvalue weighted by Gasteiger charge is 2.12. The number of hydrogen-bond acceptors (Lipinski definition) is 4. The third-order valence-electron chi connectivity index (χ3n) is 4.42. The summed E-state index contributed by atoms with van der Waals surface area (Å²) < 4.78 is 5.64. The maximum atomic E-state index is 6.03. The number of aromatic nitrogens is 1. The SMILES string of the molecule is CC(C)Oc1ccc(NC(N)=NCc2ccnc(N3CCCCC3)c2)cc1. The summed E-state index contributed by atoms with van der Waals surface area (Å²) >= 11 is 0. The summed E-state index contributed by atoms with van der Waals surface area (Å²) in [5.74, 6) is 2.27. The first-order chi connectivity index (χ1) is 13.1. The highest BCUT2D eigenvalue weighted by molar-refractivity contribution is 5.92. The Balaban J connectivity index is 1.57. The van der Waals surface area contributed by atoms with Gasteiger partial charge in [-0.15, -0.1) is 0 Å². The lowest BCUT2D eigenvalue weighted by atomic mass is 10.1. The van der Waals surface area contributed by atoms with E-state index in [1.54, 1.807) is 0 Å². The standard InChI is InChI=1S/C21H29N5O/c1-16(2)27-19-8-6-18(7-9-19)25-21(22)24-15-17-10-11-23-20(14-17)26-12-4-3-5-13-26/h6-11,14,16H,3-5,12-13,15H2,1-2H3,(H3,22,24,25). The molecule has 2 aromatic rings. The summed E-state index contributed by atoms with van der Waals surface area (Å²) in [5, 5.41) is 3.12. The van der Waals surface area contributed by atoms with Gasteiger partial charge in [0.05, 0.1) is 12.6 Å². The normalized spacial score (nSPS) is 15.1. The number of aliphatic imine (C=N–C) groups is 1. The largest absolute Gasteiger partial charge is 0.491 e. The molecule has 27 heavy (non-hydrogen) atoms. The molecule has 0 radical (unpaired) electrons. The van der Waals surface area contributed by atoms with Gasteiger partial charge in [0, 0.05) is 25.0 Å².